The topological polar surface area (TPSA) is 22.1 Å². The molecule has 2 aromatic carbocycles. The number of benzene rings is 2. The second-order valence-corrected chi connectivity index (χ2v) is 12.6. The quantitative estimate of drug-likeness (QED) is 0.395. The summed E-state index contributed by atoms with van der Waals surface area (Å²) >= 11 is 1.92. The summed E-state index contributed by atoms with van der Waals surface area (Å²) < 4.78 is 3.73. The molecule has 1 fully saturated rings. The van der Waals surface area contributed by atoms with Crippen LogP contribution in [-0.2, 0) is 0 Å². The third kappa shape index (κ3) is 3.57. The van der Waals surface area contributed by atoms with Gasteiger partial charge in [0.15, 0.2) is 0 Å². The van der Waals surface area contributed by atoms with Gasteiger partial charge in [0.2, 0.25) is 0 Å². The average Bonchev–Trinajstić information content (AvgIpc) is 3.30. The lowest BCUT2D eigenvalue weighted by Crippen LogP contribution is -2.18. The maximum absolute atomic E-state index is 5.05. The van der Waals surface area contributed by atoms with E-state index in [2.05, 4.69) is 90.9 Å². The zero-order chi connectivity index (χ0) is 20.8. The van der Waals surface area contributed by atoms with Crippen LogP contribution in [0.2, 0.25) is 0 Å². The molecule has 0 saturated heterocycles. The third-order valence-electron chi connectivity index (χ3n) is 5.47. The molecule has 4 nitrogen and oxygen atoms in total. The lowest BCUT2D eigenvalue weighted by Gasteiger charge is -2.20. The highest BCUT2D eigenvalue weighted by Gasteiger charge is 2.38. The summed E-state index contributed by atoms with van der Waals surface area (Å²) in [5, 5.41) is 5.05. The van der Waals surface area contributed by atoms with Gasteiger partial charge < -0.3 is 9.80 Å². The zero-order valence-corrected chi connectivity index (χ0v) is 20.2. The van der Waals surface area contributed by atoms with Crippen molar-refractivity contribution in [1.82, 2.24) is 0 Å². The Morgan fingerprint density at radius 1 is 0.900 bits per heavy atom. The monoisotopic (exact) mass is 454 g/mol. The van der Waals surface area contributed by atoms with E-state index >= 15 is 0 Å². The van der Waals surface area contributed by atoms with Gasteiger partial charge in [-0.15, -0.1) is 0 Å². The van der Waals surface area contributed by atoms with Crippen LogP contribution in [0.15, 0.2) is 68.3 Å². The summed E-state index contributed by atoms with van der Waals surface area (Å²) in [5.74, 6) is 0. The molecule has 1 saturated carbocycles. The van der Waals surface area contributed by atoms with Gasteiger partial charge in [0, 0.05) is 54.2 Å². The summed E-state index contributed by atoms with van der Waals surface area (Å²) in [5.41, 5.74) is 6.49. The van der Waals surface area contributed by atoms with Crippen molar-refractivity contribution in [3.05, 3.63) is 58.3 Å². The highest BCUT2D eigenvalue weighted by molar-refractivity contribution is 8.88. The number of anilines is 3. The van der Waals surface area contributed by atoms with Gasteiger partial charge in [-0.3, -0.25) is 0 Å². The summed E-state index contributed by atoms with van der Waals surface area (Å²) in [6.07, 6.45) is 3.48. The van der Waals surface area contributed by atoms with E-state index in [0.717, 1.165) is 6.42 Å². The van der Waals surface area contributed by atoms with E-state index < -0.39 is 0 Å². The molecule has 156 valence electrons. The van der Waals surface area contributed by atoms with Crippen molar-refractivity contribution in [2.45, 2.75) is 24.2 Å². The van der Waals surface area contributed by atoms with Gasteiger partial charge in [-0.2, -0.15) is 5.10 Å². The molecule has 1 atom stereocenters. The Morgan fingerprint density at radius 3 is 2.17 bits per heavy atom. The molecule has 1 aliphatic carbocycles. The maximum Gasteiger partial charge on any atom is 0.0777 e. The van der Waals surface area contributed by atoms with E-state index in [0.29, 0.717) is 0 Å². The van der Waals surface area contributed by atoms with Crippen LogP contribution in [0.4, 0.5) is 17.1 Å². The predicted octanol–water partition coefficient (Wildman–Crippen LogP) is 6.20. The van der Waals surface area contributed by atoms with Gasteiger partial charge in [0.05, 0.1) is 20.5 Å². The average molecular weight is 455 g/mol. The smallest absolute Gasteiger partial charge is 0.0777 e. The first kappa shape index (κ1) is 20.1. The van der Waals surface area contributed by atoms with E-state index in [4.69, 9.17) is 5.10 Å². The molecule has 0 radical (unpaired) electrons. The van der Waals surface area contributed by atoms with Crippen LogP contribution >= 0.6 is 32.3 Å². The number of hydrogen-bond acceptors (Lipinski definition) is 6. The van der Waals surface area contributed by atoms with Gasteiger partial charge in [-0.25, -0.2) is 4.41 Å². The molecule has 0 bridgehead atoms. The first-order valence-corrected chi connectivity index (χ1v) is 13.5. The largest absolute Gasteiger partial charge is 0.378 e. The number of thioether (sulfide) groups is 1. The number of rotatable bonds is 5. The molecule has 5 rings (SSSR count). The van der Waals surface area contributed by atoms with Crippen molar-refractivity contribution in [1.29, 1.82) is 0 Å². The van der Waals surface area contributed by atoms with Gasteiger partial charge in [-0.1, -0.05) is 11.8 Å². The van der Waals surface area contributed by atoms with Crippen LogP contribution in [0.3, 0.4) is 0 Å². The first-order chi connectivity index (χ1) is 14.5. The Bertz CT molecular complexity index is 1070. The summed E-state index contributed by atoms with van der Waals surface area (Å²) in [6.45, 7) is 0. The third-order valence-corrected chi connectivity index (χ3v) is 11.1. The van der Waals surface area contributed by atoms with Crippen molar-refractivity contribution in [3.63, 3.8) is 0 Å². The fourth-order valence-electron chi connectivity index (χ4n) is 3.79. The summed E-state index contributed by atoms with van der Waals surface area (Å²) in [6, 6.07) is 17.7. The summed E-state index contributed by atoms with van der Waals surface area (Å²) in [4.78, 5) is 7.10. The second-order valence-electron chi connectivity index (χ2n) is 8.00. The highest BCUT2D eigenvalue weighted by Crippen LogP contribution is 2.60. The minimum Gasteiger partial charge on any atom is -0.378 e. The lowest BCUT2D eigenvalue weighted by atomic mass is 9.94. The molecule has 2 aliphatic heterocycles. The van der Waals surface area contributed by atoms with E-state index in [1.165, 1.54) is 49.6 Å². The molecule has 2 aromatic rings. The number of hydrazone groups is 1. The lowest BCUT2D eigenvalue weighted by molar-refractivity contribution is 0.865. The molecule has 3 aliphatic rings. The zero-order valence-electron chi connectivity index (χ0n) is 17.8. The van der Waals surface area contributed by atoms with Crippen LogP contribution in [0.5, 0.6) is 0 Å². The van der Waals surface area contributed by atoms with Crippen LogP contribution < -0.4 is 14.2 Å². The molecule has 1 unspecified atom stereocenters. The fourth-order valence-corrected chi connectivity index (χ4v) is 10.2. The van der Waals surface area contributed by atoms with Crippen molar-refractivity contribution >= 4 is 59.9 Å². The number of allylic oxidation sites excluding steroid dienone is 1. The summed E-state index contributed by atoms with van der Waals surface area (Å²) in [7, 11) is 10.3. The van der Waals surface area contributed by atoms with Gasteiger partial charge >= 0.3 is 0 Å². The number of hydrogen-bond donors (Lipinski definition) is 0. The van der Waals surface area contributed by atoms with Crippen molar-refractivity contribution in [2.75, 3.05) is 42.4 Å². The Morgan fingerprint density at radius 2 is 1.53 bits per heavy atom. The maximum atomic E-state index is 5.05. The van der Waals surface area contributed by atoms with Crippen LogP contribution in [0.25, 0.3) is 0 Å². The van der Waals surface area contributed by atoms with E-state index in [1.807, 2.05) is 22.6 Å². The molecular formula is C23H26N4S3. The van der Waals surface area contributed by atoms with Crippen molar-refractivity contribution in [2.24, 2.45) is 5.10 Å². The Hall–Kier alpha value is -1.83. The Kier molecular flexibility index (Phi) is 5.37. The molecule has 0 spiro atoms. The van der Waals surface area contributed by atoms with Gasteiger partial charge in [-0.05, 0) is 84.2 Å². The van der Waals surface area contributed by atoms with Gasteiger partial charge in [0.25, 0.3) is 0 Å². The SMILES string of the molecule is CN(C)c1ccc(SC2=C3CCCC4=NN(c5ccc(N(C)C)cc5)S(=C43)S2)cc1. The Labute approximate surface area is 189 Å². The van der Waals surface area contributed by atoms with E-state index in [1.54, 1.807) is 5.57 Å². The Balaban J connectivity index is 1.41. The molecule has 0 N–H and O–H groups in total. The molecule has 7 heteroatoms. The minimum absolute atomic E-state index is 0.0520. The van der Waals surface area contributed by atoms with Crippen molar-refractivity contribution < 1.29 is 0 Å². The fraction of sp³-hybridized carbons (Fsp3) is 0.304. The molecule has 2 heterocycles. The van der Waals surface area contributed by atoms with E-state index in [-0.39, 0.29) is 9.70 Å². The molecule has 0 amide bonds. The predicted molar refractivity (Wildman–Crippen MR) is 138 cm³/mol. The van der Waals surface area contributed by atoms with E-state index in [9.17, 15) is 0 Å². The number of nitrogens with zero attached hydrogens (tertiary/aromatic N) is 4. The van der Waals surface area contributed by atoms with Crippen LogP contribution in [0.1, 0.15) is 19.3 Å². The van der Waals surface area contributed by atoms with Crippen LogP contribution in [-0.4, -0.2) is 38.8 Å². The molecule has 30 heavy (non-hydrogen) atoms. The normalized spacial score (nSPS) is 19.9. The van der Waals surface area contributed by atoms with Crippen molar-refractivity contribution in [3.8, 4) is 0 Å². The highest BCUT2D eigenvalue weighted by atomic mass is 33.1. The first-order valence-electron chi connectivity index (χ1n) is 10.1. The minimum atomic E-state index is -0.0520. The van der Waals surface area contributed by atoms with Gasteiger partial charge in [0.1, 0.15) is 0 Å². The standard InChI is InChI=1S/C23H26N4S3/c1-25(2)16-8-10-18(11-9-16)27-24-21-7-5-6-20-22(21)30(27)29-23(20)28-19-14-12-17(13-15-19)26(3)4/h8-15H,5-7H2,1-4H3. The molecule has 0 aromatic heterocycles. The molecular weight excluding hydrogens is 428 g/mol. The second kappa shape index (κ2) is 8.02. The van der Waals surface area contributed by atoms with Crippen LogP contribution in [0, 0.1) is 0 Å².